The quantitative estimate of drug-likeness (QED) is 0.428. The van der Waals surface area contributed by atoms with Gasteiger partial charge in [-0.3, -0.25) is 14.0 Å². The van der Waals surface area contributed by atoms with Crippen LogP contribution in [0.5, 0.6) is 0 Å². The van der Waals surface area contributed by atoms with Crippen LogP contribution in [-0.4, -0.2) is 25.4 Å². The van der Waals surface area contributed by atoms with Gasteiger partial charge in [-0.25, -0.2) is 4.98 Å². The Labute approximate surface area is 193 Å². The first-order chi connectivity index (χ1) is 15.6. The van der Waals surface area contributed by atoms with Crippen LogP contribution in [0.3, 0.4) is 0 Å². The van der Waals surface area contributed by atoms with Crippen LogP contribution in [0.1, 0.15) is 27.3 Å². The van der Waals surface area contributed by atoms with Gasteiger partial charge in [0.1, 0.15) is 4.83 Å². The van der Waals surface area contributed by atoms with Crippen LogP contribution in [-0.2, 0) is 33.0 Å². The number of rotatable bonds is 5. The Morgan fingerprint density at radius 2 is 2.16 bits per heavy atom. The minimum Gasteiger partial charge on any atom is -0.309 e. The standard InChI is InChI=1S/C24H23N5OS2/c1-28-12-15(11-27-28)10-25-17-6-7-19-21(9-17)32-23-22(19)24(30)29(14-26-23)13-18-8-16-4-2-3-5-20(16)31-18/h2-5,8,11-12,14,17,25H,6-7,9-10,13H2,1H3. The van der Waals surface area contributed by atoms with E-state index in [0.717, 1.165) is 36.0 Å². The lowest BCUT2D eigenvalue weighted by molar-refractivity contribution is 0.462. The molecule has 1 aromatic carbocycles. The van der Waals surface area contributed by atoms with Crippen molar-refractivity contribution in [3.05, 3.63) is 80.3 Å². The number of aromatic nitrogens is 4. The molecule has 0 saturated heterocycles. The molecule has 0 bridgehead atoms. The molecule has 1 aliphatic rings. The Bertz CT molecular complexity index is 1460. The molecule has 0 saturated carbocycles. The number of fused-ring (bicyclic) bond motifs is 4. The van der Waals surface area contributed by atoms with Crippen molar-refractivity contribution < 1.29 is 0 Å². The molecular formula is C24H23N5OS2. The highest BCUT2D eigenvalue weighted by molar-refractivity contribution is 7.19. The highest BCUT2D eigenvalue weighted by Gasteiger charge is 2.25. The summed E-state index contributed by atoms with van der Waals surface area (Å²) in [6.45, 7) is 1.39. The van der Waals surface area contributed by atoms with Crippen molar-refractivity contribution in [1.29, 1.82) is 0 Å². The van der Waals surface area contributed by atoms with E-state index in [2.05, 4.69) is 45.7 Å². The van der Waals surface area contributed by atoms with E-state index in [1.807, 2.05) is 24.1 Å². The van der Waals surface area contributed by atoms with E-state index in [1.165, 1.54) is 31.0 Å². The molecule has 162 valence electrons. The van der Waals surface area contributed by atoms with E-state index in [9.17, 15) is 4.79 Å². The van der Waals surface area contributed by atoms with Gasteiger partial charge >= 0.3 is 0 Å². The molecule has 0 fully saturated rings. The molecule has 1 atom stereocenters. The monoisotopic (exact) mass is 461 g/mol. The van der Waals surface area contributed by atoms with E-state index < -0.39 is 0 Å². The van der Waals surface area contributed by atoms with Crippen molar-refractivity contribution in [1.82, 2.24) is 24.6 Å². The van der Waals surface area contributed by atoms with Gasteiger partial charge in [-0.1, -0.05) is 18.2 Å². The zero-order valence-corrected chi connectivity index (χ0v) is 19.4. The van der Waals surface area contributed by atoms with Crippen LogP contribution in [0.2, 0.25) is 0 Å². The van der Waals surface area contributed by atoms with Crippen molar-refractivity contribution in [3.8, 4) is 0 Å². The summed E-state index contributed by atoms with van der Waals surface area (Å²) in [4.78, 5) is 21.4. The van der Waals surface area contributed by atoms with Gasteiger partial charge in [0.15, 0.2) is 0 Å². The second kappa shape index (κ2) is 7.95. The highest BCUT2D eigenvalue weighted by Crippen LogP contribution is 2.34. The lowest BCUT2D eigenvalue weighted by Crippen LogP contribution is -2.33. The minimum absolute atomic E-state index is 0.0896. The maximum atomic E-state index is 13.4. The van der Waals surface area contributed by atoms with Gasteiger partial charge in [-0.05, 0) is 42.3 Å². The normalized spacial score (nSPS) is 16.1. The molecule has 0 spiro atoms. The molecular weight excluding hydrogens is 438 g/mol. The Balaban J connectivity index is 1.25. The second-order valence-corrected chi connectivity index (χ2v) is 10.7. The van der Waals surface area contributed by atoms with Crippen LogP contribution in [0, 0.1) is 0 Å². The number of hydrogen-bond acceptors (Lipinski definition) is 6. The summed E-state index contributed by atoms with van der Waals surface area (Å²) in [5.74, 6) is 0. The van der Waals surface area contributed by atoms with Gasteiger partial charge < -0.3 is 5.32 Å². The van der Waals surface area contributed by atoms with Gasteiger partial charge in [0.2, 0.25) is 0 Å². The molecule has 4 heterocycles. The lowest BCUT2D eigenvalue weighted by atomic mass is 9.93. The molecule has 8 heteroatoms. The average molecular weight is 462 g/mol. The molecule has 0 radical (unpaired) electrons. The van der Waals surface area contributed by atoms with E-state index in [1.54, 1.807) is 33.6 Å². The second-order valence-electron chi connectivity index (χ2n) is 8.45. The number of hydrogen-bond donors (Lipinski definition) is 1. The van der Waals surface area contributed by atoms with Crippen LogP contribution in [0.4, 0.5) is 0 Å². The predicted molar refractivity (Wildman–Crippen MR) is 131 cm³/mol. The number of aryl methyl sites for hydroxylation is 2. The Morgan fingerprint density at radius 3 is 3.00 bits per heavy atom. The van der Waals surface area contributed by atoms with E-state index in [-0.39, 0.29) is 5.56 Å². The fraction of sp³-hybridized carbons (Fsp3) is 0.292. The summed E-state index contributed by atoms with van der Waals surface area (Å²) >= 11 is 3.43. The minimum atomic E-state index is 0.0896. The number of nitrogens with one attached hydrogen (secondary N) is 1. The lowest BCUT2D eigenvalue weighted by Gasteiger charge is -2.23. The third-order valence-electron chi connectivity index (χ3n) is 6.19. The van der Waals surface area contributed by atoms with Crippen molar-refractivity contribution in [3.63, 3.8) is 0 Å². The molecule has 1 N–H and O–H groups in total. The predicted octanol–water partition coefficient (Wildman–Crippen LogP) is 4.10. The smallest absolute Gasteiger partial charge is 0.262 e. The Hall–Kier alpha value is -2.81. The summed E-state index contributed by atoms with van der Waals surface area (Å²) in [5, 5.41) is 9.96. The van der Waals surface area contributed by atoms with Crippen molar-refractivity contribution in [2.24, 2.45) is 7.05 Å². The zero-order chi connectivity index (χ0) is 21.7. The SMILES string of the molecule is Cn1cc(CNC2CCc3c(sc4ncn(Cc5cc6ccccc6s5)c(=O)c34)C2)cn1. The summed E-state index contributed by atoms with van der Waals surface area (Å²) in [5.41, 5.74) is 2.50. The van der Waals surface area contributed by atoms with Crippen LogP contribution < -0.4 is 10.9 Å². The maximum absolute atomic E-state index is 13.4. The van der Waals surface area contributed by atoms with Crippen LogP contribution in [0.25, 0.3) is 20.3 Å². The molecule has 6 rings (SSSR count). The summed E-state index contributed by atoms with van der Waals surface area (Å²) < 4.78 is 4.85. The number of nitrogens with zero attached hydrogens (tertiary/aromatic N) is 4. The van der Waals surface area contributed by atoms with Crippen molar-refractivity contribution in [2.45, 2.75) is 38.4 Å². The first kappa shape index (κ1) is 19.8. The van der Waals surface area contributed by atoms with Crippen molar-refractivity contribution >= 4 is 43.0 Å². The maximum Gasteiger partial charge on any atom is 0.262 e. The molecule has 1 aliphatic carbocycles. The van der Waals surface area contributed by atoms with Crippen LogP contribution >= 0.6 is 22.7 Å². The third-order valence-corrected chi connectivity index (χ3v) is 8.45. The molecule has 32 heavy (non-hydrogen) atoms. The van der Waals surface area contributed by atoms with Crippen LogP contribution in [0.15, 0.2) is 53.8 Å². The largest absolute Gasteiger partial charge is 0.309 e. The van der Waals surface area contributed by atoms with Gasteiger partial charge in [0.05, 0.1) is 24.5 Å². The number of benzene rings is 1. The van der Waals surface area contributed by atoms with Crippen molar-refractivity contribution in [2.75, 3.05) is 0 Å². The zero-order valence-electron chi connectivity index (χ0n) is 17.7. The summed E-state index contributed by atoms with van der Waals surface area (Å²) in [6.07, 6.45) is 8.57. The Morgan fingerprint density at radius 1 is 1.25 bits per heavy atom. The molecule has 4 aromatic heterocycles. The third kappa shape index (κ3) is 3.58. The fourth-order valence-electron chi connectivity index (χ4n) is 4.60. The van der Waals surface area contributed by atoms with Gasteiger partial charge in [-0.2, -0.15) is 5.10 Å². The van der Waals surface area contributed by atoms with Gasteiger partial charge in [0.25, 0.3) is 5.56 Å². The topological polar surface area (TPSA) is 64.7 Å². The summed E-state index contributed by atoms with van der Waals surface area (Å²) in [7, 11) is 1.94. The molecule has 1 unspecified atom stereocenters. The van der Waals surface area contributed by atoms with Gasteiger partial charge in [-0.15, -0.1) is 22.7 Å². The molecule has 5 aromatic rings. The first-order valence-corrected chi connectivity index (χ1v) is 12.5. The fourth-order valence-corrected chi connectivity index (χ4v) is 6.92. The number of thiophene rings is 2. The molecule has 0 amide bonds. The first-order valence-electron chi connectivity index (χ1n) is 10.8. The Kier molecular flexibility index (Phi) is 4.93. The molecule has 6 nitrogen and oxygen atoms in total. The summed E-state index contributed by atoms with van der Waals surface area (Å²) in [6, 6.07) is 10.9. The van der Waals surface area contributed by atoms with E-state index in [0.29, 0.717) is 12.6 Å². The van der Waals surface area contributed by atoms with Gasteiger partial charge in [0, 0.05) is 45.8 Å². The van der Waals surface area contributed by atoms with E-state index >= 15 is 0 Å². The highest BCUT2D eigenvalue weighted by atomic mass is 32.1. The molecule has 0 aliphatic heterocycles. The average Bonchev–Trinajstić information content (AvgIpc) is 3.49. The van der Waals surface area contributed by atoms with E-state index in [4.69, 9.17) is 0 Å².